The first-order chi connectivity index (χ1) is 4.48. The number of carbonyl (C=O) groups excluding carboxylic acids is 2. The van der Waals surface area contributed by atoms with Gasteiger partial charge in [0.05, 0.1) is 0 Å². The topological polar surface area (TPSA) is 46.2 Å². The summed E-state index contributed by atoms with van der Waals surface area (Å²) in [5, 5.41) is 2.55. The molecule has 1 N–H and O–H groups in total. The molecular formula is C7H13NO2. The number of amides is 1. The SMILES string of the molecule is CC(=O)CC(C)(C)NC=O. The van der Waals surface area contributed by atoms with Gasteiger partial charge < -0.3 is 5.32 Å². The quantitative estimate of drug-likeness (QED) is 0.582. The highest BCUT2D eigenvalue weighted by atomic mass is 16.1. The summed E-state index contributed by atoms with van der Waals surface area (Å²) in [6.07, 6.45) is 0.995. The molecule has 0 bridgehead atoms. The van der Waals surface area contributed by atoms with Gasteiger partial charge in [-0.05, 0) is 20.8 Å². The summed E-state index contributed by atoms with van der Waals surface area (Å²) < 4.78 is 0. The fourth-order valence-electron chi connectivity index (χ4n) is 0.833. The Morgan fingerprint density at radius 2 is 2.10 bits per heavy atom. The van der Waals surface area contributed by atoms with Crippen molar-refractivity contribution >= 4 is 12.2 Å². The summed E-state index contributed by atoms with van der Waals surface area (Å²) in [6.45, 7) is 5.12. The zero-order valence-electron chi connectivity index (χ0n) is 6.60. The zero-order chi connectivity index (χ0) is 8.20. The van der Waals surface area contributed by atoms with E-state index in [1.807, 2.05) is 13.8 Å². The Morgan fingerprint density at radius 3 is 2.40 bits per heavy atom. The first kappa shape index (κ1) is 9.14. The number of rotatable bonds is 4. The minimum atomic E-state index is -0.395. The van der Waals surface area contributed by atoms with E-state index in [0.717, 1.165) is 0 Å². The normalized spacial score (nSPS) is 10.7. The average Bonchev–Trinajstić information content (AvgIpc) is 1.59. The van der Waals surface area contributed by atoms with E-state index in [1.54, 1.807) is 0 Å². The largest absolute Gasteiger partial charge is 0.353 e. The van der Waals surface area contributed by atoms with Gasteiger partial charge in [-0.3, -0.25) is 9.59 Å². The van der Waals surface area contributed by atoms with Crippen molar-refractivity contribution in [3.63, 3.8) is 0 Å². The molecule has 0 saturated carbocycles. The lowest BCUT2D eigenvalue weighted by Gasteiger charge is -2.21. The molecule has 10 heavy (non-hydrogen) atoms. The third-order valence-electron chi connectivity index (χ3n) is 1.14. The Morgan fingerprint density at radius 1 is 1.60 bits per heavy atom. The lowest BCUT2D eigenvalue weighted by molar-refractivity contribution is -0.118. The van der Waals surface area contributed by atoms with Crippen LogP contribution in [0, 0.1) is 0 Å². The van der Waals surface area contributed by atoms with Crippen molar-refractivity contribution in [3.8, 4) is 0 Å². The van der Waals surface area contributed by atoms with E-state index in [-0.39, 0.29) is 5.78 Å². The Labute approximate surface area is 60.8 Å². The molecule has 0 atom stereocenters. The molecule has 0 aliphatic carbocycles. The number of hydrogen-bond donors (Lipinski definition) is 1. The van der Waals surface area contributed by atoms with Gasteiger partial charge in [0.15, 0.2) is 0 Å². The number of ketones is 1. The smallest absolute Gasteiger partial charge is 0.207 e. The third kappa shape index (κ3) is 4.06. The van der Waals surface area contributed by atoms with Crippen LogP contribution in [0.1, 0.15) is 27.2 Å². The molecule has 0 aromatic rings. The monoisotopic (exact) mass is 143 g/mol. The Balaban J connectivity index is 3.85. The molecule has 0 saturated heterocycles. The molecule has 0 aliphatic heterocycles. The van der Waals surface area contributed by atoms with E-state index < -0.39 is 5.54 Å². The van der Waals surface area contributed by atoms with Gasteiger partial charge >= 0.3 is 0 Å². The minimum absolute atomic E-state index is 0.0827. The van der Waals surface area contributed by atoms with Gasteiger partial charge in [0.1, 0.15) is 5.78 Å². The van der Waals surface area contributed by atoms with Crippen molar-refractivity contribution in [3.05, 3.63) is 0 Å². The molecular weight excluding hydrogens is 130 g/mol. The van der Waals surface area contributed by atoms with Crippen LogP contribution in [0.15, 0.2) is 0 Å². The number of nitrogens with one attached hydrogen (secondary N) is 1. The predicted molar refractivity (Wildman–Crippen MR) is 38.6 cm³/mol. The maximum Gasteiger partial charge on any atom is 0.207 e. The minimum Gasteiger partial charge on any atom is -0.353 e. The molecule has 3 nitrogen and oxygen atoms in total. The lowest BCUT2D eigenvalue weighted by atomic mass is 9.99. The second-order valence-electron chi connectivity index (χ2n) is 3.02. The molecule has 0 rings (SSSR count). The van der Waals surface area contributed by atoms with E-state index in [1.165, 1.54) is 6.92 Å². The third-order valence-corrected chi connectivity index (χ3v) is 1.14. The summed E-state index contributed by atoms with van der Waals surface area (Å²) in [5.74, 6) is 0.0827. The Hall–Kier alpha value is -0.860. The highest BCUT2D eigenvalue weighted by molar-refractivity contribution is 5.77. The molecule has 0 aromatic heterocycles. The van der Waals surface area contributed by atoms with Crippen molar-refractivity contribution in [1.82, 2.24) is 5.32 Å². The van der Waals surface area contributed by atoms with Gasteiger partial charge in [-0.15, -0.1) is 0 Å². The Kier molecular flexibility index (Phi) is 3.06. The fourth-order valence-corrected chi connectivity index (χ4v) is 0.833. The predicted octanol–water partition coefficient (Wildman–Crippen LogP) is 0.490. The van der Waals surface area contributed by atoms with Crippen LogP contribution in [0.3, 0.4) is 0 Å². The highest BCUT2D eigenvalue weighted by Crippen LogP contribution is 2.06. The van der Waals surface area contributed by atoms with Crippen LogP contribution in [0.25, 0.3) is 0 Å². The van der Waals surface area contributed by atoms with Crippen molar-refractivity contribution < 1.29 is 9.59 Å². The van der Waals surface area contributed by atoms with Gasteiger partial charge in [0.2, 0.25) is 6.41 Å². The van der Waals surface area contributed by atoms with Gasteiger partial charge in [0, 0.05) is 12.0 Å². The number of Topliss-reactive ketones (excluding diaryl/α,β-unsaturated/α-hetero) is 1. The van der Waals surface area contributed by atoms with Crippen LogP contribution >= 0.6 is 0 Å². The van der Waals surface area contributed by atoms with E-state index in [2.05, 4.69) is 5.32 Å². The maximum atomic E-state index is 10.6. The summed E-state index contributed by atoms with van der Waals surface area (Å²) in [4.78, 5) is 20.6. The Bertz CT molecular complexity index is 141. The first-order valence-corrected chi connectivity index (χ1v) is 3.19. The summed E-state index contributed by atoms with van der Waals surface area (Å²) in [5.41, 5.74) is -0.395. The number of carbonyl (C=O) groups is 2. The van der Waals surface area contributed by atoms with E-state index in [0.29, 0.717) is 12.8 Å². The fraction of sp³-hybridized carbons (Fsp3) is 0.714. The second-order valence-corrected chi connectivity index (χ2v) is 3.02. The molecule has 58 valence electrons. The van der Waals surface area contributed by atoms with Crippen LogP contribution in [-0.2, 0) is 9.59 Å². The van der Waals surface area contributed by atoms with Crippen LogP contribution in [-0.4, -0.2) is 17.7 Å². The molecule has 0 spiro atoms. The van der Waals surface area contributed by atoms with Gasteiger partial charge in [-0.2, -0.15) is 0 Å². The summed E-state index contributed by atoms with van der Waals surface area (Å²) >= 11 is 0. The van der Waals surface area contributed by atoms with Crippen LogP contribution < -0.4 is 5.32 Å². The van der Waals surface area contributed by atoms with Crippen LogP contribution in [0.5, 0.6) is 0 Å². The van der Waals surface area contributed by atoms with Gasteiger partial charge in [0.25, 0.3) is 0 Å². The molecule has 0 aliphatic rings. The van der Waals surface area contributed by atoms with Crippen molar-refractivity contribution in [2.45, 2.75) is 32.7 Å². The summed E-state index contributed by atoms with van der Waals surface area (Å²) in [7, 11) is 0. The molecule has 0 radical (unpaired) electrons. The van der Waals surface area contributed by atoms with Crippen LogP contribution in [0.4, 0.5) is 0 Å². The van der Waals surface area contributed by atoms with Crippen LogP contribution in [0.2, 0.25) is 0 Å². The van der Waals surface area contributed by atoms with Crippen molar-refractivity contribution in [2.75, 3.05) is 0 Å². The molecule has 0 fully saturated rings. The maximum absolute atomic E-state index is 10.6. The van der Waals surface area contributed by atoms with Crippen molar-refractivity contribution in [2.24, 2.45) is 0 Å². The van der Waals surface area contributed by atoms with E-state index in [9.17, 15) is 9.59 Å². The van der Waals surface area contributed by atoms with E-state index >= 15 is 0 Å². The molecule has 0 aromatic carbocycles. The van der Waals surface area contributed by atoms with E-state index in [4.69, 9.17) is 0 Å². The highest BCUT2D eigenvalue weighted by Gasteiger charge is 2.17. The van der Waals surface area contributed by atoms with Gasteiger partial charge in [-0.1, -0.05) is 0 Å². The number of hydrogen-bond acceptors (Lipinski definition) is 2. The molecule has 0 unspecified atom stereocenters. The van der Waals surface area contributed by atoms with Crippen molar-refractivity contribution in [1.29, 1.82) is 0 Å². The molecule has 0 heterocycles. The molecule has 1 amide bonds. The van der Waals surface area contributed by atoms with Gasteiger partial charge in [-0.25, -0.2) is 0 Å². The summed E-state index contributed by atoms with van der Waals surface area (Å²) in [6, 6.07) is 0. The zero-order valence-corrected chi connectivity index (χ0v) is 6.60. The molecule has 3 heteroatoms. The first-order valence-electron chi connectivity index (χ1n) is 3.19. The lowest BCUT2D eigenvalue weighted by Crippen LogP contribution is -2.39. The second kappa shape index (κ2) is 3.34. The standard InChI is InChI=1S/C7H13NO2/c1-6(10)4-7(2,3)8-5-9/h5H,4H2,1-3H3,(H,8,9). The average molecular weight is 143 g/mol.